The Morgan fingerprint density at radius 3 is 1.00 bits per heavy atom. The van der Waals surface area contributed by atoms with Gasteiger partial charge < -0.3 is 0 Å². The summed E-state index contributed by atoms with van der Waals surface area (Å²) in [5.41, 5.74) is 0. The zero-order valence-corrected chi connectivity index (χ0v) is 14.4. The van der Waals surface area contributed by atoms with Crippen LogP contribution < -0.4 is 0 Å². The minimum Gasteiger partial charge on any atom is -0.0745 e. The highest BCUT2D eigenvalue weighted by Gasteiger charge is 2.41. The van der Waals surface area contributed by atoms with Crippen molar-refractivity contribution in [3.8, 4) is 0 Å². The molecule has 0 aromatic carbocycles. The lowest BCUT2D eigenvalue weighted by atomic mass is 11.0. The van der Waals surface area contributed by atoms with Crippen molar-refractivity contribution >= 4 is 31.6 Å². The third-order valence-electron chi connectivity index (χ3n) is 3.84. The predicted molar refractivity (Wildman–Crippen MR) is 72.9 cm³/mol. The maximum Gasteiger partial charge on any atom is 0.0267 e. The first kappa shape index (κ1) is 12.9. The third-order valence-corrected chi connectivity index (χ3v) is 70.5. The van der Waals surface area contributed by atoms with Crippen LogP contribution in [0.3, 0.4) is 0 Å². The van der Waals surface area contributed by atoms with Crippen LogP contribution >= 0.6 is 0 Å². The zero-order chi connectivity index (χ0) is 9.94. The van der Waals surface area contributed by atoms with Gasteiger partial charge in [-0.2, -0.15) is 0 Å². The fourth-order valence-electron chi connectivity index (χ4n) is 3.22. The highest BCUT2D eigenvalue weighted by molar-refractivity contribution is 7.79. The average Bonchev–Trinajstić information content (AvgIpc) is 1.86. The smallest absolute Gasteiger partial charge is 0.0267 e. The van der Waals surface area contributed by atoms with Crippen LogP contribution in [-0.2, 0) is 0 Å². The zero-order valence-electron chi connectivity index (χ0n) is 9.94. The highest BCUT2D eigenvalue weighted by Crippen LogP contribution is 2.20. The highest BCUT2D eigenvalue weighted by atomic mass is 29.9. The van der Waals surface area contributed by atoms with Gasteiger partial charge in [0.05, 0.1) is 0 Å². The number of hydrogen-bond donors (Lipinski definition) is 0. The Labute approximate surface area is 84.0 Å². The number of rotatable bonds is 4. The Balaban J connectivity index is 4.77. The van der Waals surface area contributed by atoms with Crippen LogP contribution in [0.4, 0.5) is 0 Å². The van der Waals surface area contributed by atoms with Crippen molar-refractivity contribution in [2.45, 2.75) is 52.2 Å². The van der Waals surface area contributed by atoms with Gasteiger partial charge in [0.15, 0.2) is 0 Å². The molecule has 0 N–H and O–H groups in total. The summed E-state index contributed by atoms with van der Waals surface area (Å²) in [4.78, 5) is 0. The second-order valence-corrected chi connectivity index (χ2v) is 40.9. The second-order valence-electron chi connectivity index (χ2n) is 4.93. The van der Waals surface area contributed by atoms with Gasteiger partial charge in [0.2, 0.25) is 0 Å². The van der Waals surface area contributed by atoms with Gasteiger partial charge >= 0.3 is 0 Å². The van der Waals surface area contributed by atoms with Crippen molar-refractivity contribution in [3.05, 3.63) is 0 Å². The lowest BCUT2D eigenvalue weighted by molar-refractivity contribution is 1.44. The van der Waals surface area contributed by atoms with E-state index in [-0.39, 0.29) is 24.9 Å². The maximum absolute atomic E-state index is 2.63. The van der Waals surface area contributed by atoms with Crippen LogP contribution in [-0.4, -0.2) is 31.6 Å². The molecular formula is C8H26Si4. The van der Waals surface area contributed by atoms with Crippen molar-refractivity contribution < 1.29 is 0 Å². The van der Waals surface area contributed by atoms with Crippen molar-refractivity contribution in [1.82, 2.24) is 0 Å². The van der Waals surface area contributed by atoms with E-state index in [9.17, 15) is 0 Å². The molecule has 4 heteroatoms. The molecule has 0 aromatic rings. The Hall–Kier alpha value is 0.868. The van der Waals surface area contributed by atoms with Crippen LogP contribution in [0.5, 0.6) is 0 Å². The predicted octanol–water partition coefficient (Wildman–Crippen LogP) is 2.15. The summed E-state index contributed by atoms with van der Waals surface area (Å²) in [6.07, 6.45) is 0. The summed E-state index contributed by atoms with van der Waals surface area (Å²) in [6.45, 7) is 17.7. The molecule has 0 nitrogen and oxygen atoms in total. The standard InChI is InChI=1S/C8H26Si4/c1-8-12(9(2)3,10(4)5)11(6)7/h9-11H,8H2,1-7H3. The summed E-state index contributed by atoms with van der Waals surface area (Å²) in [5.74, 6) is 0. The Bertz CT molecular complexity index is 109. The second kappa shape index (κ2) is 4.93. The molecule has 0 amide bonds. The molecule has 0 fully saturated rings. The molecule has 0 rings (SSSR count). The third kappa shape index (κ3) is 2.21. The molecule has 0 saturated carbocycles. The van der Waals surface area contributed by atoms with Crippen molar-refractivity contribution in [3.63, 3.8) is 0 Å². The SMILES string of the molecule is CC[Si]([SiH](C)C)([SiH](C)C)[SiH](C)C. The van der Waals surface area contributed by atoms with Gasteiger partial charge in [-0.05, 0) is 0 Å². The molecule has 0 aliphatic carbocycles. The van der Waals surface area contributed by atoms with E-state index in [1.54, 1.807) is 6.04 Å². The molecule has 0 bridgehead atoms. The first-order chi connectivity index (χ1) is 5.39. The molecule has 0 spiro atoms. The molecule has 74 valence electrons. The molecule has 0 aliphatic heterocycles. The van der Waals surface area contributed by atoms with Crippen LogP contribution in [0, 0.1) is 0 Å². The fraction of sp³-hybridized carbons (Fsp3) is 1.00. The Morgan fingerprint density at radius 2 is 1.00 bits per heavy atom. The van der Waals surface area contributed by atoms with Gasteiger partial charge in [-0.15, -0.1) is 0 Å². The quantitative estimate of drug-likeness (QED) is 0.654. The van der Waals surface area contributed by atoms with E-state index < -0.39 is 6.63 Å². The summed E-state index contributed by atoms with van der Waals surface area (Å²) >= 11 is 0. The average molecular weight is 235 g/mol. The van der Waals surface area contributed by atoms with Gasteiger partial charge in [-0.3, -0.25) is 0 Å². The van der Waals surface area contributed by atoms with E-state index in [4.69, 9.17) is 0 Å². The van der Waals surface area contributed by atoms with E-state index >= 15 is 0 Å². The molecule has 0 unspecified atom stereocenters. The Morgan fingerprint density at radius 1 is 0.750 bits per heavy atom. The first-order valence-corrected chi connectivity index (χ1v) is 20.0. The van der Waals surface area contributed by atoms with E-state index in [1.807, 2.05) is 0 Å². The van der Waals surface area contributed by atoms with Gasteiger partial charge in [-0.25, -0.2) is 0 Å². The molecular weight excluding hydrogens is 208 g/mol. The minimum absolute atomic E-state index is 0.275. The van der Waals surface area contributed by atoms with E-state index in [0.717, 1.165) is 0 Å². The molecule has 0 atom stereocenters. The monoisotopic (exact) mass is 234 g/mol. The van der Waals surface area contributed by atoms with Gasteiger partial charge in [0, 0.05) is 31.6 Å². The van der Waals surface area contributed by atoms with Crippen LogP contribution in [0.1, 0.15) is 6.92 Å². The molecule has 0 aliphatic rings. The maximum atomic E-state index is 2.63. The molecule has 12 heavy (non-hydrogen) atoms. The van der Waals surface area contributed by atoms with Gasteiger partial charge in [-0.1, -0.05) is 52.2 Å². The van der Waals surface area contributed by atoms with Crippen LogP contribution in [0.15, 0.2) is 0 Å². The molecule has 0 radical (unpaired) electrons. The van der Waals surface area contributed by atoms with E-state index in [2.05, 4.69) is 46.2 Å². The molecule has 0 aromatic heterocycles. The van der Waals surface area contributed by atoms with E-state index in [1.165, 1.54) is 0 Å². The molecule has 0 saturated heterocycles. The fourth-order valence-corrected chi connectivity index (χ4v) is 65.0. The van der Waals surface area contributed by atoms with Crippen molar-refractivity contribution in [2.75, 3.05) is 0 Å². The number of hydrogen-bond acceptors (Lipinski definition) is 0. The minimum atomic E-state index is -0.585. The van der Waals surface area contributed by atoms with Crippen LogP contribution in [0.2, 0.25) is 45.3 Å². The summed E-state index contributed by atoms with van der Waals surface area (Å²) in [7, 11) is -0.824. The normalized spacial score (nSPS) is 13.5. The van der Waals surface area contributed by atoms with Crippen molar-refractivity contribution in [2.24, 2.45) is 0 Å². The lowest BCUT2D eigenvalue weighted by Crippen LogP contribution is -2.66. The molecule has 0 heterocycles. The summed E-state index contributed by atoms with van der Waals surface area (Å²) in [5, 5.41) is 0. The van der Waals surface area contributed by atoms with Crippen molar-refractivity contribution in [1.29, 1.82) is 0 Å². The van der Waals surface area contributed by atoms with E-state index in [0.29, 0.717) is 0 Å². The Kier molecular flexibility index (Phi) is 5.28. The first-order valence-electron chi connectivity index (χ1n) is 5.39. The van der Waals surface area contributed by atoms with Gasteiger partial charge in [0.25, 0.3) is 0 Å². The van der Waals surface area contributed by atoms with Crippen LogP contribution in [0.25, 0.3) is 0 Å². The summed E-state index contributed by atoms with van der Waals surface area (Å²) in [6, 6.07) is 1.63. The largest absolute Gasteiger partial charge is 0.0745 e. The summed E-state index contributed by atoms with van der Waals surface area (Å²) < 4.78 is 0. The van der Waals surface area contributed by atoms with Gasteiger partial charge in [0.1, 0.15) is 0 Å². The topological polar surface area (TPSA) is 0 Å². The lowest BCUT2D eigenvalue weighted by Gasteiger charge is -2.41.